The van der Waals surface area contributed by atoms with Crippen LogP contribution in [0.25, 0.3) is 0 Å². The number of hydrogen-bond donors (Lipinski definition) is 2. The zero-order valence-electron chi connectivity index (χ0n) is 13.0. The van der Waals surface area contributed by atoms with Gasteiger partial charge in [0.25, 0.3) is 0 Å². The molecule has 0 saturated heterocycles. The fourth-order valence-electron chi connectivity index (χ4n) is 2.74. The third kappa shape index (κ3) is 2.97. The lowest BCUT2D eigenvalue weighted by Gasteiger charge is -2.27. The number of carbonyl (C=O) groups excluding carboxylic acids is 1. The number of carbonyl (C=O) groups is 1. The second kappa shape index (κ2) is 5.46. The number of ketones is 1. The highest BCUT2D eigenvalue weighted by molar-refractivity contribution is 6.10. The number of rotatable bonds is 4. The molecule has 1 aliphatic heterocycles. The van der Waals surface area contributed by atoms with Crippen LogP contribution in [0.1, 0.15) is 29.8 Å². The fourth-order valence-corrected chi connectivity index (χ4v) is 2.74. The smallest absolute Gasteiger partial charge is 0.193 e. The molecule has 114 valence electrons. The molecule has 0 spiro atoms. The lowest BCUT2D eigenvalue weighted by atomic mass is 10.0. The lowest BCUT2D eigenvalue weighted by Crippen LogP contribution is -2.45. The molecule has 0 amide bonds. The van der Waals surface area contributed by atoms with Crippen molar-refractivity contribution >= 4 is 17.2 Å². The van der Waals surface area contributed by atoms with Crippen LogP contribution >= 0.6 is 0 Å². The monoisotopic (exact) mass is 295 g/mol. The Morgan fingerprint density at radius 3 is 2.59 bits per heavy atom. The number of anilines is 2. The quantitative estimate of drug-likeness (QED) is 0.852. The number of fused-ring (bicyclic) bond motifs is 1. The van der Waals surface area contributed by atoms with Gasteiger partial charge in [-0.15, -0.1) is 0 Å². The lowest BCUT2D eigenvalue weighted by molar-refractivity contribution is 0.103. The average molecular weight is 295 g/mol. The van der Waals surface area contributed by atoms with Gasteiger partial charge in [-0.05, 0) is 32.0 Å². The maximum atomic E-state index is 12.6. The van der Waals surface area contributed by atoms with Crippen LogP contribution < -0.4 is 16.0 Å². The highest BCUT2D eigenvalue weighted by atomic mass is 16.1. The SMILES string of the molecule is CC(C)(N)CN1CNc2ccc(C(=O)c3ccccc3)cc21. The van der Waals surface area contributed by atoms with Crippen molar-refractivity contribution in [3.8, 4) is 0 Å². The zero-order chi connectivity index (χ0) is 15.7. The summed E-state index contributed by atoms with van der Waals surface area (Å²) in [6.45, 7) is 5.46. The molecule has 22 heavy (non-hydrogen) atoms. The van der Waals surface area contributed by atoms with Crippen molar-refractivity contribution in [3.63, 3.8) is 0 Å². The molecule has 0 saturated carbocycles. The maximum absolute atomic E-state index is 12.6. The molecule has 0 atom stereocenters. The van der Waals surface area contributed by atoms with E-state index in [0.29, 0.717) is 11.1 Å². The number of nitrogens with zero attached hydrogens (tertiary/aromatic N) is 1. The summed E-state index contributed by atoms with van der Waals surface area (Å²) in [5.41, 5.74) is 9.34. The number of benzene rings is 2. The first-order chi connectivity index (χ1) is 10.4. The van der Waals surface area contributed by atoms with E-state index in [2.05, 4.69) is 10.2 Å². The topological polar surface area (TPSA) is 58.4 Å². The summed E-state index contributed by atoms with van der Waals surface area (Å²) < 4.78 is 0. The van der Waals surface area contributed by atoms with Crippen molar-refractivity contribution in [3.05, 3.63) is 59.7 Å². The van der Waals surface area contributed by atoms with Gasteiger partial charge < -0.3 is 16.0 Å². The summed E-state index contributed by atoms with van der Waals surface area (Å²) in [7, 11) is 0. The van der Waals surface area contributed by atoms with Gasteiger partial charge in [0, 0.05) is 23.2 Å². The normalized spacial score (nSPS) is 13.7. The van der Waals surface area contributed by atoms with E-state index in [1.165, 1.54) is 0 Å². The molecule has 0 bridgehead atoms. The molecule has 2 aromatic carbocycles. The van der Waals surface area contributed by atoms with Crippen LogP contribution in [0.15, 0.2) is 48.5 Å². The van der Waals surface area contributed by atoms with Crippen molar-refractivity contribution in [1.29, 1.82) is 0 Å². The van der Waals surface area contributed by atoms with Crippen LogP contribution in [-0.2, 0) is 0 Å². The highest BCUT2D eigenvalue weighted by Gasteiger charge is 2.24. The minimum absolute atomic E-state index is 0.0438. The average Bonchev–Trinajstić information content (AvgIpc) is 2.88. The number of hydrogen-bond acceptors (Lipinski definition) is 4. The van der Waals surface area contributed by atoms with Crippen LogP contribution in [0.5, 0.6) is 0 Å². The first-order valence-electron chi connectivity index (χ1n) is 7.45. The summed E-state index contributed by atoms with van der Waals surface area (Å²) in [6.07, 6.45) is 0. The third-order valence-electron chi connectivity index (χ3n) is 3.70. The molecule has 0 fully saturated rings. The van der Waals surface area contributed by atoms with E-state index in [9.17, 15) is 4.79 Å². The highest BCUT2D eigenvalue weighted by Crippen LogP contribution is 2.33. The van der Waals surface area contributed by atoms with Gasteiger partial charge in [0.05, 0.1) is 18.0 Å². The third-order valence-corrected chi connectivity index (χ3v) is 3.70. The van der Waals surface area contributed by atoms with Gasteiger partial charge >= 0.3 is 0 Å². The van der Waals surface area contributed by atoms with Crippen LogP contribution in [0.4, 0.5) is 11.4 Å². The summed E-state index contributed by atoms with van der Waals surface area (Å²) in [4.78, 5) is 14.8. The molecule has 0 aliphatic carbocycles. The maximum Gasteiger partial charge on any atom is 0.193 e. The molecule has 4 heteroatoms. The molecule has 1 heterocycles. The molecule has 0 aromatic heterocycles. The first kappa shape index (κ1) is 14.6. The van der Waals surface area contributed by atoms with Gasteiger partial charge in [0.1, 0.15) is 0 Å². The zero-order valence-corrected chi connectivity index (χ0v) is 13.0. The van der Waals surface area contributed by atoms with Gasteiger partial charge in [0.2, 0.25) is 0 Å². The molecule has 0 unspecified atom stereocenters. The largest absolute Gasteiger partial charge is 0.366 e. The molecule has 4 nitrogen and oxygen atoms in total. The van der Waals surface area contributed by atoms with E-state index in [4.69, 9.17) is 5.73 Å². The molecule has 3 rings (SSSR count). The van der Waals surface area contributed by atoms with Gasteiger partial charge in [0.15, 0.2) is 5.78 Å². The van der Waals surface area contributed by atoms with Crippen LogP contribution in [0.2, 0.25) is 0 Å². The molecule has 2 aromatic rings. The van der Waals surface area contributed by atoms with Gasteiger partial charge in [-0.3, -0.25) is 4.79 Å². The van der Waals surface area contributed by atoms with Gasteiger partial charge in [-0.25, -0.2) is 0 Å². The first-order valence-corrected chi connectivity index (χ1v) is 7.45. The molecule has 3 N–H and O–H groups in total. The van der Waals surface area contributed by atoms with Crippen LogP contribution in [0.3, 0.4) is 0 Å². The van der Waals surface area contributed by atoms with E-state index in [1.807, 2.05) is 62.4 Å². The summed E-state index contributed by atoms with van der Waals surface area (Å²) in [5.74, 6) is 0.0438. The van der Waals surface area contributed by atoms with E-state index in [0.717, 1.165) is 24.6 Å². The van der Waals surface area contributed by atoms with Crippen LogP contribution in [-0.4, -0.2) is 24.5 Å². The Morgan fingerprint density at radius 1 is 1.18 bits per heavy atom. The van der Waals surface area contributed by atoms with Crippen molar-refractivity contribution < 1.29 is 4.79 Å². The minimum atomic E-state index is -0.289. The van der Waals surface area contributed by atoms with E-state index in [1.54, 1.807) is 0 Å². The second-order valence-electron chi connectivity index (χ2n) is 6.45. The Labute approximate surface area is 130 Å². The summed E-state index contributed by atoms with van der Waals surface area (Å²) >= 11 is 0. The molecular formula is C18H21N3O. The van der Waals surface area contributed by atoms with Gasteiger partial charge in [-0.1, -0.05) is 30.3 Å². The Hall–Kier alpha value is -2.33. The van der Waals surface area contributed by atoms with Crippen LogP contribution in [0, 0.1) is 0 Å². The molecule has 1 aliphatic rings. The minimum Gasteiger partial charge on any atom is -0.366 e. The van der Waals surface area contributed by atoms with E-state index < -0.39 is 0 Å². The van der Waals surface area contributed by atoms with Gasteiger partial charge in [-0.2, -0.15) is 0 Å². The predicted molar refractivity (Wildman–Crippen MR) is 90.4 cm³/mol. The summed E-state index contributed by atoms with van der Waals surface area (Å²) in [5, 5.41) is 3.34. The Bertz CT molecular complexity index is 689. The van der Waals surface area contributed by atoms with Crippen molar-refractivity contribution in [2.24, 2.45) is 5.73 Å². The van der Waals surface area contributed by atoms with Crippen molar-refractivity contribution in [2.75, 3.05) is 23.4 Å². The fraction of sp³-hybridized carbons (Fsp3) is 0.278. The molecular weight excluding hydrogens is 274 g/mol. The number of nitrogens with two attached hydrogens (primary N) is 1. The van der Waals surface area contributed by atoms with Crippen molar-refractivity contribution in [1.82, 2.24) is 0 Å². The van der Waals surface area contributed by atoms with Crippen molar-refractivity contribution in [2.45, 2.75) is 19.4 Å². The standard InChI is InChI=1S/C18H21N3O/c1-18(2,19)11-21-12-20-15-9-8-14(10-16(15)21)17(22)13-6-4-3-5-7-13/h3-10,20H,11-12,19H2,1-2H3. The Balaban J connectivity index is 1.91. The number of nitrogens with one attached hydrogen (secondary N) is 1. The van der Waals surface area contributed by atoms with E-state index in [-0.39, 0.29) is 11.3 Å². The Kier molecular flexibility index (Phi) is 3.62. The summed E-state index contributed by atoms with van der Waals surface area (Å²) in [6, 6.07) is 15.2. The Morgan fingerprint density at radius 2 is 1.91 bits per heavy atom. The molecule has 0 radical (unpaired) electrons. The predicted octanol–water partition coefficient (Wildman–Crippen LogP) is 2.84. The second-order valence-corrected chi connectivity index (χ2v) is 6.45. The van der Waals surface area contributed by atoms with E-state index >= 15 is 0 Å².